The fourth-order valence-electron chi connectivity index (χ4n) is 3.29. The molecule has 17 heavy (non-hydrogen) atoms. The number of carbonyl (C=O) groups is 1. The Labute approximate surface area is 105 Å². The SMILES string of the molecule is CCC(C(=O)O)N(C)C1CCCCC1C(C)C. The molecule has 1 saturated carbocycles. The Morgan fingerprint density at radius 1 is 1.35 bits per heavy atom. The van der Waals surface area contributed by atoms with E-state index < -0.39 is 5.97 Å². The summed E-state index contributed by atoms with van der Waals surface area (Å²) in [4.78, 5) is 13.4. The zero-order chi connectivity index (χ0) is 13.0. The standard InChI is InChI=1S/C14H27NO2/c1-5-12(14(16)17)15(4)13-9-7-6-8-11(13)10(2)3/h10-13H,5-9H2,1-4H3,(H,16,17). The van der Waals surface area contributed by atoms with Crippen molar-refractivity contribution in [1.82, 2.24) is 4.90 Å². The fourth-order valence-corrected chi connectivity index (χ4v) is 3.29. The molecule has 0 aromatic carbocycles. The second kappa shape index (κ2) is 6.39. The van der Waals surface area contributed by atoms with Crippen LogP contribution >= 0.6 is 0 Å². The zero-order valence-corrected chi connectivity index (χ0v) is 11.6. The zero-order valence-electron chi connectivity index (χ0n) is 11.6. The van der Waals surface area contributed by atoms with Gasteiger partial charge in [-0.05, 0) is 38.1 Å². The van der Waals surface area contributed by atoms with Crippen LogP contribution in [0, 0.1) is 11.8 Å². The van der Waals surface area contributed by atoms with Crippen LogP contribution in [0.15, 0.2) is 0 Å². The molecule has 1 aliphatic rings. The largest absolute Gasteiger partial charge is 0.480 e. The molecule has 0 saturated heterocycles. The Hall–Kier alpha value is -0.570. The summed E-state index contributed by atoms with van der Waals surface area (Å²) in [5.41, 5.74) is 0. The lowest BCUT2D eigenvalue weighted by Gasteiger charge is -2.42. The van der Waals surface area contributed by atoms with E-state index >= 15 is 0 Å². The summed E-state index contributed by atoms with van der Waals surface area (Å²) >= 11 is 0. The van der Waals surface area contributed by atoms with Gasteiger partial charge in [-0.3, -0.25) is 9.69 Å². The van der Waals surface area contributed by atoms with Crippen LogP contribution in [-0.4, -0.2) is 35.1 Å². The highest BCUT2D eigenvalue weighted by Crippen LogP contribution is 2.34. The van der Waals surface area contributed by atoms with Gasteiger partial charge in [-0.1, -0.05) is 33.6 Å². The van der Waals surface area contributed by atoms with E-state index in [2.05, 4.69) is 18.7 Å². The molecule has 0 amide bonds. The minimum absolute atomic E-state index is 0.320. The number of carboxylic acid groups (broad SMARTS) is 1. The van der Waals surface area contributed by atoms with Crippen molar-refractivity contribution in [3.05, 3.63) is 0 Å². The average molecular weight is 241 g/mol. The third-order valence-electron chi connectivity index (χ3n) is 4.32. The molecule has 3 unspecified atom stereocenters. The highest BCUT2D eigenvalue weighted by Gasteiger charge is 2.34. The van der Waals surface area contributed by atoms with E-state index in [0.717, 1.165) is 6.42 Å². The number of nitrogens with zero attached hydrogens (tertiary/aromatic N) is 1. The normalized spacial score (nSPS) is 27.4. The molecule has 1 N–H and O–H groups in total. The molecule has 3 nitrogen and oxygen atoms in total. The Bertz CT molecular complexity index is 253. The Balaban J connectivity index is 2.76. The third kappa shape index (κ3) is 3.44. The van der Waals surface area contributed by atoms with Crippen molar-refractivity contribution in [2.75, 3.05) is 7.05 Å². The first-order valence-electron chi connectivity index (χ1n) is 6.93. The number of hydrogen-bond acceptors (Lipinski definition) is 2. The molecule has 0 heterocycles. The Morgan fingerprint density at radius 2 is 1.94 bits per heavy atom. The van der Waals surface area contributed by atoms with Crippen molar-refractivity contribution in [3.8, 4) is 0 Å². The van der Waals surface area contributed by atoms with Crippen molar-refractivity contribution in [1.29, 1.82) is 0 Å². The first-order chi connectivity index (χ1) is 7.99. The van der Waals surface area contributed by atoms with Crippen LogP contribution in [0.3, 0.4) is 0 Å². The van der Waals surface area contributed by atoms with Gasteiger partial charge in [0, 0.05) is 6.04 Å². The number of aliphatic carboxylic acids is 1. The fraction of sp³-hybridized carbons (Fsp3) is 0.929. The summed E-state index contributed by atoms with van der Waals surface area (Å²) in [6.45, 7) is 6.49. The lowest BCUT2D eigenvalue weighted by atomic mass is 9.77. The van der Waals surface area contributed by atoms with Crippen LogP contribution in [0.2, 0.25) is 0 Å². The van der Waals surface area contributed by atoms with E-state index in [4.69, 9.17) is 0 Å². The van der Waals surface area contributed by atoms with Gasteiger partial charge in [0.15, 0.2) is 0 Å². The molecule has 1 aliphatic carbocycles. The number of hydrogen-bond donors (Lipinski definition) is 1. The summed E-state index contributed by atoms with van der Waals surface area (Å²) < 4.78 is 0. The molecule has 1 fully saturated rings. The van der Waals surface area contributed by atoms with Crippen molar-refractivity contribution in [2.45, 2.75) is 65.0 Å². The van der Waals surface area contributed by atoms with Gasteiger partial charge in [-0.2, -0.15) is 0 Å². The highest BCUT2D eigenvalue weighted by molar-refractivity contribution is 5.73. The molecule has 0 aliphatic heterocycles. The van der Waals surface area contributed by atoms with Gasteiger partial charge in [0.1, 0.15) is 6.04 Å². The molecule has 0 spiro atoms. The van der Waals surface area contributed by atoms with Gasteiger partial charge >= 0.3 is 5.97 Å². The first kappa shape index (κ1) is 14.5. The number of carboxylic acids is 1. The van der Waals surface area contributed by atoms with E-state index in [1.165, 1.54) is 19.3 Å². The van der Waals surface area contributed by atoms with Crippen molar-refractivity contribution in [2.24, 2.45) is 11.8 Å². The monoisotopic (exact) mass is 241 g/mol. The number of likely N-dealkylation sites (N-methyl/N-ethyl adjacent to an activating group) is 1. The lowest BCUT2D eigenvalue weighted by molar-refractivity contribution is -0.144. The molecule has 0 aromatic heterocycles. The van der Waals surface area contributed by atoms with Crippen LogP contribution in [0.4, 0.5) is 0 Å². The van der Waals surface area contributed by atoms with Gasteiger partial charge in [-0.15, -0.1) is 0 Å². The van der Waals surface area contributed by atoms with E-state index in [-0.39, 0.29) is 6.04 Å². The van der Waals surface area contributed by atoms with Crippen LogP contribution in [0.25, 0.3) is 0 Å². The smallest absolute Gasteiger partial charge is 0.320 e. The van der Waals surface area contributed by atoms with Gasteiger partial charge in [-0.25, -0.2) is 0 Å². The number of rotatable bonds is 5. The maximum Gasteiger partial charge on any atom is 0.320 e. The molecule has 1 rings (SSSR count). The van der Waals surface area contributed by atoms with Gasteiger partial charge in [0.05, 0.1) is 0 Å². The summed E-state index contributed by atoms with van der Waals surface area (Å²) in [5.74, 6) is 0.624. The van der Waals surface area contributed by atoms with Crippen LogP contribution in [0.5, 0.6) is 0 Å². The predicted octanol–water partition coefficient (Wildman–Crippen LogP) is 3.00. The molecule has 3 heteroatoms. The van der Waals surface area contributed by atoms with E-state index in [9.17, 15) is 9.90 Å². The topological polar surface area (TPSA) is 40.5 Å². The lowest BCUT2D eigenvalue weighted by Crippen LogP contribution is -2.49. The second-order valence-electron chi connectivity index (χ2n) is 5.69. The first-order valence-corrected chi connectivity index (χ1v) is 6.93. The highest BCUT2D eigenvalue weighted by atomic mass is 16.4. The molecule has 0 aromatic rings. The second-order valence-corrected chi connectivity index (χ2v) is 5.69. The maximum absolute atomic E-state index is 11.2. The van der Waals surface area contributed by atoms with E-state index in [0.29, 0.717) is 24.3 Å². The summed E-state index contributed by atoms with van der Waals surface area (Å²) in [6.07, 6.45) is 5.64. The van der Waals surface area contributed by atoms with Gasteiger partial charge < -0.3 is 5.11 Å². The summed E-state index contributed by atoms with van der Waals surface area (Å²) in [6, 6.07) is 0.129. The van der Waals surface area contributed by atoms with Gasteiger partial charge in [0.25, 0.3) is 0 Å². The maximum atomic E-state index is 11.2. The van der Waals surface area contributed by atoms with Crippen LogP contribution in [0.1, 0.15) is 52.9 Å². The Kier molecular flexibility index (Phi) is 5.44. The molecule has 100 valence electrons. The van der Waals surface area contributed by atoms with Crippen LogP contribution in [-0.2, 0) is 4.79 Å². The molecule has 3 atom stereocenters. The minimum atomic E-state index is -0.678. The van der Waals surface area contributed by atoms with Crippen molar-refractivity contribution >= 4 is 5.97 Å². The quantitative estimate of drug-likeness (QED) is 0.804. The van der Waals surface area contributed by atoms with Crippen molar-refractivity contribution in [3.63, 3.8) is 0 Å². The molecular weight excluding hydrogens is 214 g/mol. The van der Waals surface area contributed by atoms with E-state index in [1.807, 2.05) is 14.0 Å². The summed E-state index contributed by atoms with van der Waals surface area (Å²) in [7, 11) is 1.99. The third-order valence-corrected chi connectivity index (χ3v) is 4.32. The van der Waals surface area contributed by atoms with E-state index in [1.54, 1.807) is 0 Å². The van der Waals surface area contributed by atoms with Gasteiger partial charge in [0.2, 0.25) is 0 Å². The Morgan fingerprint density at radius 3 is 2.41 bits per heavy atom. The predicted molar refractivity (Wildman–Crippen MR) is 70.1 cm³/mol. The molecular formula is C14H27NO2. The van der Waals surface area contributed by atoms with Crippen molar-refractivity contribution < 1.29 is 9.90 Å². The minimum Gasteiger partial charge on any atom is -0.480 e. The van der Waals surface area contributed by atoms with Crippen LogP contribution < -0.4 is 0 Å². The molecule has 0 bridgehead atoms. The molecule has 0 radical (unpaired) electrons. The summed E-state index contributed by atoms with van der Waals surface area (Å²) in [5, 5.41) is 9.26. The average Bonchev–Trinajstić information content (AvgIpc) is 2.29.